The van der Waals surface area contributed by atoms with Gasteiger partial charge in [0.1, 0.15) is 16.7 Å². The number of ether oxygens (including phenoxy) is 1. The molecule has 0 radical (unpaired) electrons. The summed E-state index contributed by atoms with van der Waals surface area (Å²) in [5.74, 6) is 0.431. The first-order valence-electron chi connectivity index (χ1n) is 6.75. The second kappa shape index (κ2) is 5.71. The Bertz CT molecular complexity index is 501. The van der Waals surface area contributed by atoms with Gasteiger partial charge >= 0.3 is 0 Å². The second-order valence-electron chi connectivity index (χ2n) is 5.23. The lowest BCUT2D eigenvalue weighted by molar-refractivity contribution is -0.114. The summed E-state index contributed by atoms with van der Waals surface area (Å²) >= 11 is 1.39. The van der Waals surface area contributed by atoms with Gasteiger partial charge in [0.05, 0.1) is 12.7 Å². The number of rotatable bonds is 3. The number of likely N-dealkylation sites (tertiary alicyclic amines) is 1. The normalized spacial score (nSPS) is 26.6. The molecule has 2 heterocycles. The molecule has 112 valence electrons. The Labute approximate surface area is 122 Å². The fourth-order valence-electron chi connectivity index (χ4n) is 2.50. The molecule has 0 saturated carbocycles. The highest BCUT2D eigenvalue weighted by atomic mass is 32.1. The summed E-state index contributed by atoms with van der Waals surface area (Å²) in [7, 11) is 1.54. The molecular formula is C14H21NO4S. The van der Waals surface area contributed by atoms with Gasteiger partial charge in [0.25, 0.3) is 5.91 Å². The molecule has 2 rings (SSSR count). The molecule has 1 aromatic heterocycles. The van der Waals surface area contributed by atoms with Crippen LogP contribution in [-0.4, -0.2) is 52.9 Å². The highest BCUT2D eigenvalue weighted by Crippen LogP contribution is 2.32. The van der Waals surface area contributed by atoms with Crippen molar-refractivity contribution in [3.63, 3.8) is 0 Å². The van der Waals surface area contributed by atoms with Crippen molar-refractivity contribution in [2.45, 2.75) is 38.4 Å². The average molecular weight is 299 g/mol. The number of nitrogens with zero attached hydrogens (tertiary/aromatic N) is 1. The van der Waals surface area contributed by atoms with Gasteiger partial charge in [0.2, 0.25) is 0 Å². The molecule has 1 aliphatic rings. The van der Waals surface area contributed by atoms with Gasteiger partial charge in [-0.25, -0.2) is 0 Å². The third-order valence-corrected chi connectivity index (χ3v) is 4.98. The molecule has 0 unspecified atom stereocenters. The summed E-state index contributed by atoms with van der Waals surface area (Å²) in [6.45, 7) is 4.36. The van der Waals surface area contributed by atoms with E-state index in [1.807, 2.05) is 19.9 Å². The molecule has 1 saturated heterocycles. The second-order valence-corrected chi connectivity index (χ2v) is 6.48. The Morgan fingerprint density at radius 1 is 1.65 bits per heavy atom. The highest BCUT2D eigenvalue weighted by Gasteiger charge is 2.41. The molecule has 0 bridgehead atoms. The quantitative estimate of drug-likeness (QED) is 0.885. The molecule has 2 N–H and O–H groups in total. The number of carbonyl (C=O) groups is 1. The number of amides is 1. The molecule has 1 amide bonds. The molecule has 0 aliphatic carbocycles. The van der Waals surface area contributed by atoms with E-state index < -0.39 is 11.7 Å². The van der Waals surface area contributed by atoms with Gasteiger partial charge in [0, 0.05) is 18.0 Å². The number of hydrogen-bond acceptors (Lipinski definition) is 5. The van der Waals surface area contributed by atoms with Crippen LogP contribution in [0.5, 0.6) is 5.75 Å². The number of hydrogen-bond donors (Lipinski definition) is 2. The first-order chi connectivity index (χ1) is 9.41. The molecular weight excluding hydrogens is 278 g/mol. The molecule has 1 aliphatic heterocycles. The van der Waals surface area contributed by atoms with Crippen molar-refractivity contribution in [3.05, 3.63) is 15.8 Å². The van der Waals surface area contributed by atoms with Gasteiger partial charge in [-0.1, -0.05) is 6.92 Å². The van der Waals surface area contributed by atoms with Crippen molar-refractivity contribution < 1.29 is 19.7 Å². The van der Waals surface area contributed by atoms with Crippen LogP contribution < -0.4 is 4.74 Å². The lowest BCUT2D eigenvalue weighted by atomic mass is 9.86. The standard InChI is InChI=1S/C14H21NO4S/c1-4-14(18)5-6-15(8-11(14)16)13(17)12-10(19-3)7-9(2)20-12/h7,11,16,18H,4-6,8H2,1-3H3/t11-,14-/m1/s1. The third kappa shape index (κ3) is 2.68. The molecule has 5 nitrogen and oxygen atoms in total. The maximum atomic E-state index is 12.5. The predicted octanol–water partition coefficient (Wildman–Crippen LogP) is 1.41. The van der Waals surface area contributed by atoms with E-state index in [-0.39, 0.29) is 12.5 Å². The van der Waals surface area contributed by atoms with E-state index in [9.17, 15) is 15.0 Å². The fourth-order valence-corrected chi connectivity index (χ4v) is 3.44. The van der Waals surface area contributed by atoms with Gasteiger partial charge in [-0.3, -0.25) is 4.79 Å². The zero-order valence-corrected chi connectivity index (χ0v) is 12.9. The molecule has 1 aromatic rings. The van der Waals surface area contributed by atoms with Crippen molar-refractivity contribution in [1.29, 1.82) is 0 Å². The Balaban J connectivity index is 2.15. The number of piperidine rings is 1. The van der Waals surface area contributed by atoms with E-state index in [4.69, 9.17) is 4.74 Å². The van der Waals surface area contributed by atoms with Crippen molar-refractivity contribution in [1.82, 2.24) is 4.90 Å². The van der Waals surface area contributed by atoms with Crippen LogP contribution in [0.1, 0.15) is 34.3 Å². The smallest absolute Gasteiger partial charge is 0.267 e. The number of thiophene rings is 1. The van der Waals surface area contributed by atoms with Crippen LogP contribution in [0, 0.1) is 6.92 Å². The van der Waals surface area contributed by atoms with Crippen LogP contribution in [0.2, 0.25) is 0 Å². The van der Waals surface area contributed by atoms with Crippen molar-refractivity contribution >= 4 is 17.2 Å². The minimum absolute atomic E-state index is 0.142. The summed E-state index contributed by atoms with van der Waals surface area (Å²) in [6, 6.07) is 1.83. The van der Waals surface area contributed by atoms with Gasteiger partial charge in [-0.2, -0.15) is 0 Å². The van der Waals surface area contributed by atoms with E-state index in [1.54, 1.807) is 12.0 Å². The average Bonchev–Trinajstić information content (AvgIpc) is 2.82. The number of aliphatic hydroxyl groups is 2. The minimum Gasteiger partial charge on any atom is -0.495 e. The lowest BCUT2D eigenvalue weighted by Gasteiger charge is -2.41. The Morgan fingerprint density at radius 2 is 2.35 bits per heavy atom. The molecule has 0 spiro atoms. The van der Waals surface area contributed by atoms with Gasteiger partial charge < -0.3 is 19.8 Å². The molecule has 20 heavy (non-hydrogen) atoms. The summed E-state index contributed by atoms with van der Waals surface area (Å²) in [6.07, 6.45) is -0.0296. The molecule has 1 fully saturated rings. The zero-order valence-electron chi connectivity index (χ0n) is 12.0. The maximum absolute atomic E-state index is 12.5. The highest BCUT2D eigenvalue weighted by molar-refractivity contribution is 7.14. The Morgan fingerprint density at radius 3 is 2.90 bits per heavy atom. The minimum atomic E-state index is -1.08. The van der Waals surface area contributed by atoms with Crippen LogP contribution in [0.25, 0.3) is 0 Å². The zero-order chi connectivity index (χ0) is 14.9. The van der Waals surface area contributed by atoms with Crippen LogP contribution >= 0.6 is 11.3 Å². The van der Waals surface area contributed by atoms with Crippen molar-refractivity contribution in [3.8, 4) is 5.75 Å². The first kappa shape index (κ1) is 15.3. The van der Waals surface area contributed by atoms with Gasteiger partial charge in [-0.05, 0) is 25.8 Å². The van der Waals surface area contributed by atoms with E-state index >= 15 is 0 Å². The van der Waals surface area contributed by atoms with Crippen molar-refractivity contribution in [2.75, 3.05) is 20.2 Å². The molecule has 2 atom stereocenters. The first-order valence-corrected chi connectivity index (χ1v) is 7.57. The van der Waals surface area contributed by atoms with Crippen LogP contribution in [0.4, 0.5) is 0 Å². The largest absolute Gasteiger partial charge is 0.495 e. The predicted molar refractivity (Wildman–Crippen MR) is 77.4 cm³/mol. The van der Waals surface area contributed by atoms with Gasteiger partial charge in [-0.15, -0.1) is 11.3 Å². The van der Waals surface area contributed by atoms with E-state index in [0.29, 0.717) is 30.0 Å². The summed E-state index contributed by atoms with van der Waals surface area (Å²) in [5, 5.41) is 20.3. The maximum Gasteiger partial charge on any atom is 0.267 e. The van der Waals surface area contributed by atoms with Crippen LogP contribution in [-0.2, 0) is 0 Å². The summed E-state index contributed by atoms with van der Waals surface area (Å²) in [4.78, 5) is 15.6. The number of β-amino-alcohol motifs (C(OH)–C–C–N with tert-alkyl or cyclic N) is 1. The van der Waals surface area contributed by atoms with E-state index in [1.165, 1.54) is 11.3 Å². The Kier molecular flexibility index (Phi) is 4.36. The van der Waals surface area contributed by atoms with E-state index in [2.05, 4.69) is 0 Å². The number of carbonyl (C=O) groups excluding carboxylic acids is 1. The third-order valence-electron chi connectivity index (χ3n) is 3.96. The summed E-state index contributed by atoms with van der Waals surface area (Å²) in [5.41, 5.74) is -1.08. The van der Waals surface area contributed by atoms with Gasteiger partial charge in [0.15, 0.2) is 0 Å². The fraction of sp³-hybridized carbons (Fsp3) is 0.643. The molecule has 0 aromatic carbocycles. The van der Waals surface area contributed by atoms with Crippen LogP contribution in [0.15, 0.2) is 6.07 Å². The number of methoxy groups -OCH3 is 1. The SMILES string of the molecule is CC[C@@]1(O)CCN(C(=O)c2sc(C)cc2OC)C[C@H]1O. The number of aryl methyl sites for hydroxylation is 1. The monoisotopic (exact) mass is 299 g/mol. The van der Waals surface area contributed by atoms with Crippen molar-refractivity contribution in [2.24, 2.45) is 0 Å². The summed E-state index contributed by atoms with van der Waals surface area (Å²) < 4.78 is 5.22. The van der Waals surface area contributed by atoms with E-state index in [0.717, 1.165) is 4.88 Å². The lowest BCUT2D eigenvalue weighted by Crippen LogP contribution is -2.56. The Hall–Kier alpha value is -1.11. The van der Waals surface area contributed by atoms with Crippen LogP contribution in [0.3, 0.4) is 0 Å². The topological polar surface area (TPSA) is 70.0 Å². The molecule has 6 heteroatoms. The number of aliphatic hydroxyl groups excluding tert-OH is 1.